The van der Waals surface area contributed by atoms with E-state index in [9.17, 15) is 28.4 Å². The van der Waals surface area contributed by atoms with Gasteiger partial charge in [0, 0.05) is 54.7 Å². The summed E-state index contributed by atoms with van der Waals surface area (Å²) in [5.74, 6) is -2.57. The van der Waals surface area contributed by atoms with Crippen LogP contribution in [0, 0.1) is 5.82 Å². The van der Waals surface area contributed by atoms with Gasteiger partial charge in [0.2, 0.25) is 11.8 Å². The Labute approximate surface area is 391 Å². The van der Waals surface area contributed by atoms with Crippen LogP contribution in [0.2, 0.25) is 0 Å². The molecule has 21 heteroatoms. The summed E-state index contributed by atoms with van der Waals surface area (Å²) in [6.07, 6.45) is 1.64. The molecule has 0 saturated carbocycles. The second-order valence-electron chi connectivity index (χ2n) is 16.2. The van der Waals surface area contributed by atoms with Crippen LogP contribution in [0.5, 0.6) is 0 Å². The fourth-order valence-electron chi connectivity index (χ4n) is 8.53. The van der Waals surface area contributed by atoms with E-state index in [1.807, 2.05) is 31.3 Å². The summed E-state index contributed by atoms with van der Waals surface area (Å²) in [5.41, 5.74) is 4.91. The third-order valence-electron chi connectivity index (χ3n) is 11.8. The Morgan fingerprint density at radius 3 is 1.99 bits per heavy atom. The highest BCUT2D eigenvalue weighted by molar-refractivity contribution is 6.25. The number of aliphatic imine (C=N–C) groups is 1. The normalized spacial score (nSPS) is 18.6. The van der Waals surface area contributed by atoms with Crippen molar-refractivity contribution in [2.75, 3.05) is 115 Å². The molecule has 360 valence electrons. The van der Waals surface area contributed by atoms with Gasteiger partial charge in [-0.25, -0.2) is 9.37 Å². The molecule has 1 aromatic heterocycles. The second kappa shape index (κ2) is 23.0. The molecule has 4 aliphatic rings. The van der Waals surface area contributed by atoms with E-state index >= 15 is 0 Å². The largest absolute Gasteiger partial charge is 0.383 e. The molecule has 3 aromatic carbocycles. The Balaban J connectivity index is 0.615. The van der Waals surface area contributed by atoms with E-state index in [-0.39, 0.29) is 48.3 Å². The Hall–Kier alpha value is -6.49. The van der Waals surface area contributed by atoms with Gasteiger partial charge >= 0.3 is 0 Å². The van der Waals surface area contributed by atoms with Gasteiger partial charge in [0.25, 0.3) is 11.8 Å². The maximum absolute atomic E-state index is 14.6. The Bertz CT molecular complexity index is 2500. The molecule has 20 nitrogen and oxygen atoms in total. The highest BCUT2D eigenvalue weighted by Crippen LogP contribution is 2.45. The maximum atomic E-state index is 14.6. The lowest BCUT2D eigenvalue weighted by molar-refractivity contribution is -0.136. The highest BCUT2D eigenvalue weighted by atomic mass is 19.1. The van der Waals surface area contributed by atoms with Crippen molar-refractivity contribution in [2.24, 2.45) is 12.0 Å². The number of aromatic nitrogens is 3. The Kier molecular flexibility index (Phi) is 16.2. The predicted molar refractivity (Wildman–Crippen MR) is 244 cm³/mol. The maximum Gasteiger partial charge on any atom is 0.264 e. The van der Waals surface area contributed by atoms with Crippen molar-refractivity contribution in [2.45, 2.75) is 30.8 Å². The zero-order valence-corrected chi connectivity index (χ0v) is 37.6. The van der Waals surface area contributed by atoms with Crippen LogP contribution in [-0.4, -0.2) is 160 Å². The van der Waals surface area contributed by atoms with Crippen molar-refractivity contribution in [1.82, 2.24) is 25.0 Å². The van der Waals surface area contributed by atoms with Crippen molar-refractivity contribution in [3.05, 3.63) is 100 Å². The van der Waals surface area contributed by atoms with Crippen LogP contribution in [0.3, 0.4) is 0 Å². The summed E-state index contributed by atoms with van der Waals surface area (Å²) >= 11 is 0. The number of rotatable bonds is 26. The molecule has 4 amide bonds. The molecule has 4 aliphatic heterocycles. The minimum Gasteiger partial charge on any atom is -0.383 e. The number of fused-ring (bicyclic) bond motifs is 1. The number of imide groups is 2. The van der Waals surface area contributed by atoms with E-state index in [1.54, 1.807) is 22.9 Å². The Morgan fingerprint density at radius 2 is 1.37 bits per heavy atom. The molecule has 8 rings (SSSR count). The van der Waals surface area contributed by atoms with Gasteiger partial charge < -0.3 is 44.4 Å². The number of piperidine rings is 1. The third kappa shape index (κ3) is 11.3. The number of aryl methyl sites for hydroxylation is 1. The average molecular weight is 940 g/mol. The number of nitrogens with one attached hydrogen (secondary N) is 4. The van der Waals surface area contributed by atoms with Gasteiger partial charge in [-0.1, -0.05) is 18.2 Å². The van der Waals surface area contributed by atoms with Crippen LogP contribution >= 0.6 is 0 Å². The Morgan fingerprint density at radius 1 is 0.735 bits per heavy atom. The number of ether oxygens (including phenoxy) is 6. The van der Waals surface area contributed by atoms with Gasteiger partial charge in [-0.05, 0) is 48.4 Å². The van der Waals surface area contributed by atoms with E-state index in [0.29, 0.717) is 126 Å². The number of amides is 4. The number of carbonyl (C=O) groups is 5. The first-order valence-electron chi connectivity index (χ1n) is 22.6. The summed E-state index contributed by atoms with van der Waals surface area (Å²) < 4.78 is 49.9. The summed E-state index contributed by atoms with van der Waals surface area (Å²) in [4.78, 5) is 72.9. The van der Waals surface area contributed by atoms with Crippen molar-refractivity contribution in [3.8, 4) is 0 Å². The van der Waals surface area contributed by atoms with Gasteiger partial charge in [-0.15, -0.1) is 0 Å². The lowest BCUT2D eigenvalue weighted by Gasteiger charge is -2.37. The molecule has 1 fully saturated rings. The average Bonchev–Trinajstić information content (AvgIpc) is 3.87. The summed E-state index contributed by atoms with van der Waals surface area (Å²) in [6, 6.07) is 14.2. The zero-order valence-electron chi connectivity index (χ0n) is 37.6. The molecule has 5 heterocycles. The van der Waals surface area contributed by atoms with Gasteiger partial charge in [-0.3, -0.25) is 43.9 Å². The first-order chi connectivity index (χ1) is 33.2. The molecule has 0 aliphatic carbocycles. The predicted octanol–water partition coefficient (Wildman–Crippen LogP) is 2.92. The number of hydrogen-bond acceptors (Lipinski definition) is 17. The number of hydrogen-bond donors (Lipinski definition) is 4. The van der Waals surface area contributed by atoms with Crippen LogP contribution < -0.4 is 21.3 Å². The minimum atomic E-state index is -1.02. The van der Waals surface area contributed by atoms with E-state index in [0.717, 1.165) is 16.2 Å². The molecule has 2 unspecified atom stereocenters. The molecular formula is C47H54FN9O11. The zero-order chi connectivity index (χ0) is 47.4. The number of Topliss-reactive ketones (excluding diaryl/α,β-unsaturated/α-hetero) is 1. The van der Waals surface area contributed by atoms with Crippen molar-refractivity contribution in [1.29, 1.82) is 0 Å². The smallest absolute Gasteiger partial charge is 0.264 e. The summed E-state index contributed by atoms with van der Waals surface area (Å²) in [5, 5.41) is 16.5. The van der Waals surface area contributed by atoms with E-state index < -0.39 is 35.5 Å². The second-order valence-corrected chi connectivity index (χ2v) is 16.2. The highest BCUT2D eigenvalue weighted by Gasteiger charge is 2.46. The lowest BCUT2D eigenvalue weighted by atomic mass is 9.78. The molecule has 4 N–H and O–H groups in total. The van der Waals surface area contributed by atoms with E-state index in [2.05, 4.69) is 36.3 Å². The number of anilines is 3. The number of carbonyl (C=O) groups excluding carboxylic acids is 5. The fourth-order valence-corrected chi connectivity index (χ4v) is 8.53. The van der Waals surface area contributed by atoms with Gasteiger partial charge in [0.05, 0.1) is 108 Å². The summed E-state index contributed by atoms with van der Waals surface area (Å²) in [6.45, 7) is 5.85. The van der Waals surface area contributed by atoms with Crippen LogP contribution in [0.1, 0.15) is 72.8 Å². The number of nitrogens with zero attached hydrogens (tertiary/aromatic N) is 5. The quantitative estimate of drug-likeness (QED) is 0.0524. The monoisotopic (exact) mass is 939 g/mol. The standard InChI is InChI=1S/C47H54FN9O11/c1-56-44(52-28-53-56)41-42(54-35-26-30(48)25-33-37(58)27-51-43(41)39(33)35)29-5-7-31(8-6-29)49-11-13-63-15-17-65-19-21-67-23-24-68-22-20-66-18-16-64-14-12-50-34-4-2-3-32-40(34)47(62)57(46(32)61)36-9-10-38(59)55-45(36)60/h2-8,25-26,28,36,41-42,49-50,54H,9-24,27H2,1H3,(H,55,59,60)/t36?,41-,42?/m1/s1. The van der Waals surface area contributed by atoms with Crippen molar-refractivity contribution < 1.29 is 56.8 Å². The van der Waals surface area contributed by atoms with Crippen LogP contribution in [0.25, 0.3) is 0 Å². The van der Waals surface area contributed by atoms with E-state index in [4.69, 9.17) is 28.4 Å². The van der Waals surface area contributed by atoms with Crippen LogP contribution in [-0.2, 0) is 45.1 Å². The fraction of sp³-hybridized carbons (Fsp3) is 0.447. The molecule has 0 radical (unpaired) electrons. The third-order valence-corrected chi connectivity index (χ3v) is 11.8. The summed E-state index contributed by atoms with van der Waals surface area (Å²) in [7, 11) is 1.82. The molecule has 68 heavy (non-hydrogen) atoms. The number of benzene rings is 3. The SMILES string of the molecule is Cn1ncnc1[C@H]1C2=NCC(=O)c3cc(F)cc(c32)NC1c1ccc(NCCOCCOCCOCCOCCOCCOCCNc2cccc3c2C(=O)N(C2CCC(=O)NC2=O)C3=O)cc1. The molecule has 4 aromatic rings. The minimum absolute atomic E-state index is 0.0463. The van der Waals surface area contributed by atoms with Gasteiger partial charge in [-0.2, -0.15) is 5.10 Å². The molecular weight excluding hydrogens is 886 g/mol. The number of halogens is 1. The molecule has 1 saturated heterocycles. The van der Waals surface area contributed by atoms with Crippen molar-refractivity contribution in [3.63, 3.8) is 0 Å². The first kappa shape index (κ1) is 48.0. The van der Waals surface area contributed by atoms with Gasteiger partial charge in [0.1, 0.15) is 30.6 Å². The van der Waals surface area contributed by atoms with E-state index in [1.165, 1.54) is 18.5 Å². The molecule has 0 spiro atoms. The molecule has 3 atom stereocenters. The van der Waals surface area contributed by atoms with Gasteiger partial charge in [0.15, 0.2) is 5.78 Å². The molecule has 0 bridgehead atoms. The van der Waals surface area contributed by atoms with Crippen LogP contribution in [0.4, 0.5) is 21.5 Å². The van der Waals surface area contributed by atoms with Crippen molar-refractivity contribution >= 4 is 52.2 Å². The lowest BCUT2D eigenvalue weighted by Crippen LogP contribution is -2.54. The first-order valence-corrected chi connectivity index (χ1v) is 22.6. The topological polar surface area (TPSA) is 235 Å². The number of ketones is 1. The van der Waals surface area contributed by atoms with Crippen LogP contribution in [0.15, 0.2) is 65.9 Å².